The van der Waals surface area contributed by atoms with Crippen LogP contribution in [0.15, 0.2) is 83.9 Å². The van der Waals surface area contributed by atoms with Gasteiger partial charge in [-0.15, -0.1) is 0 Å². The van der Waals surface area contributed by atoms with Gasteiger partial charge in [0.15, 0.2) is 0 Å². The first-order valence-corrected chi connectivity index (χ1v) is 9.55. The Morgan fingerprint density at radius 1 is 0.767 bits per heavy atom. The lowest BCUT2D eigenvalue weighted by Gasteiger charge is -2.09. The molecule has 5 aromatic rings. The molecule has 0 radical (unpaired) electrons. The molecule has 2 heterocycles. The molecule has 0 unspecified atom stereocenters. The Balaban J connectivity index is 1.68. The van der Waals surface area contributed by atoms with Crippen LogP contribution in [0.3, 0.4) is 0 Å². The highest BCUT2D eigenvalue weighted by atomic mass is 19.1. The lowest BCUT2D eigenvalue weighted by molar-refractivity contribution is 0.625. The molecule has 2 aromatic heterocycles. The first kappa shape index (κ1) is 18.2. The van der Waals surface area contributed by atoms with E-state index < -0.39 is 0 Å². The number of nitrogens with zero attached hydrogens (tertiary/aromatic N) is 3. The lowest BCUT2D eigenvalue weighted by Crippen LogP contribution is -2.23. The lowest BCUT2D eigenvalue weighted by atomic mass is 10.2. The van der Waals surface area contributed by atoms with Crippen molar-refractivity contribution in [3.63, 3.8) is 0 Å². The molecule has 0 fully saturated rings. The number of halogens is 2. The monoisotopic (exact) mass is 401 g/mol. The molecule has 0 N–H and O–H groups in total. The zero-order chi connectivity index (χ0) is 20.7. The van der Waals surface area contributed by atoms with Crippen molar-refractivity contribution in [2.75, 3.05) is 0 Å². The van der Waals surface area contributed by atoms with E-state index in [9.17, 15) is 13.6 Å². The van der Waals surface area contributed by atoms with Crippen LogP contribution in [0, 0.1) is 11.6 Å². The van der Waals surface area contributed by atoms with Crippen LogP contribution in [0.25, 0.3) is 21.9 Å². The predicted octanol–water partition coefficient (Wildman–Crippen LogP) is 4.73. The van der Waals surface area contributed by atoms with Crippen LogP contribution in [0.4, 0.5) is 8.78 Å². The summed E-state index contributed by atoms with van der Waals surface area (Å²) in [6, 6.07) is 20.0. The highest BCUT2D eigenvalue weighted by Crippen LogP contribution is 2.26. The highest BCUT2D eigenvalue weighted by Gasteiger charge is 2.16. The Labute approximate surface area is 170 Å². The Bertz CT molecular complexity index is 1420. The Morgan fingerprint density at radius 3 is 2.03 bits per heavy atom. The molecule has 6 heteroatoms. The molecule has 0 saturated carbocycles. The maximum absolute atomic E-state index is 13.4. The SMILES string of the molecule is O=c1c2c(ncn1Cc1ccc(F)cc1)c1ccccc1n2Cc1ccc(F)cc1. The van der Waals surface area contributed by atoms with E-state index in [0.717, 1.165) is 22.0 Å². The average Bonchev–Trinajstić information content (AvgIpc) is 3.08. The smallest absolute Gasteiger partial charge is 0.278 e. The molecule has 0 aliphatic carbocycles. The van der Waals surface area contributed by atoms with Gasteiger partial charge in [0.1, 0.15) is 22.7 Å². The van der Waals surface area contributed by atoms with Gasteiger partial charge in [0.05, 0.1) is 18.4 Å². The zero-order valence-corrected chi connectivity index (χ0v) is 15.9. The second-order valence-corrected chi connectivity index (χ2v) is 7.23. The normalized spacial score (nSPS) is 11.4. The van der Waals surface area contributed by atoms with Gasteiger partial charge in [0.2, 0.25) is 0 Å². The number of rotatable bonds is 4. The van der Waals surface area contributed by atoms with E-state index in [0.29, 0.717) is 24.1 Å². The van der Waals surface area contributed by atoms with E-state index >= 15 is 0 Å². The van der Waals surface area contributed by atoms with Crippen LogP contribution in [0.1, 0.15) is 11.1 Å². The van der Waals surface area contributed by atoms with Crippen molar-refractivity contribution in [1.29, 1.82) is 0 Å². The number of hydrogen-bond donors (Lipinski definition) is 0. The van der Waals surface area contributed by atoms with Crippen LogP contribution < -0.4 is 5.56 Å². The molecule has 148 valence electrons. The van der Waals surface area contributed by atoms with Crippen LogP contribution in [-0.2, 0) is 13.1 Å². The minimum Gasteiger partial charge on any atom is -0.330 e. The van der Waals surface area contributed by atoms with Gasteiger partial charge in [-0.1, -0.05) is 42.5 Å². The number of aromatic nitrogens is 3. The topological polar surface area (TPSA) is 39.8 Å². The molecule has 3 aromatic carbocycles. The van der Waals surface area contributed by atoms with E-state index in [-0.39, 0.29) is 17.2 Å². The number of benzene rings is 3. The Morgan fingerprint density at radius 2 is 1.37 bits per heavy atom. The minimum absolute atomic E-state index is 0.178. The standard InChI is InChI=1S/C24H17F2N3O/c25-18-9-5-16(6-10-18)13-28-15-27-22-20-3-1-2-4-21(20)29(23(22)24(28)30)14-17-7-11-19(26)12-8-17/h1-12,15H,13-14H2. The fraction of sp³-hybridized carbons (Fsp3) is 0.0833. The number of hydrogen-bond acceptors (Lipinski definition) is 2. The molecule has 0 aliphatic heterocycles. The molecule has 0 aliphatic rings. The fourth-order valence-corrected chi connectivity index (χ4v) is 3.78. The Hall–Kier alpha value is -3.80. The van der Waals surface area contributed by atoms with Crippen molar-refractivity contribution in [2.45, 2.75) is 13.1 Å². The number of para-hydroxylation sites is 1. The summed E-state index contributed by atoms with van der Waals surface area (Å²) in [6.45, 7) is 0.710. The highest BCUT2D eigenvalue weighted by molar-refractivity contribution is 6.05. The predicted molar refractivity (Wildman–Crippen MR) is 113 cm³/mol. The van der Waals surface area contributed by atoms with E-state index in [1.165, 1.54) is 35.2 Å². The van der Waals surface area contributed by atoms with E-state index in [2.05, 4.69) is 4.98 Å². The van der Waals surface area contributed by atoms with Gasteiger partial charge in [-0.05, 0) is 41.5 Å². The second-order valence-electron chi connectivity index (χ2n) is 7.23. The third-order valence-electron chi connectivity index (χ3n) is 5.25. The zero-order valence-electron chi connectivity index (χ0n) is 15.9. The van der Waals surface area contributed by atoms with Crippen molar-refractivity contribution in [3.8, 4) is 0 Å². The van der Waals surface area contributed by atoms with Crippen LogP contribution in [0.2, 0.25) is 0 Å². The maximum atomic E-state index is 13.4. The summed E-state index contributed by atoms with van der Waals surface area (Å²) in [6.07, 6.45) is 1.53. The first-order valence-electron chi connectivity index (χ1n) is 9.55. The molecule has 0 spiro atoms. The van der Waals surface area contributed by atoms with Gasteiger partial charge in [-0.2, -0.15) is 0 Å². The number of fused-ring (bicyclic) bond motifs is 3. The molecule has 0 atom stereocenters. The summed E-state index contributed by atoms with van der Waals surface area (Å²) in [7, 11) is 0. The van der Waals surface area contributed by atoms with E-state index in [1.807, 2.05) is 28.8 Å². The van der Waals surface area contributed by atoms with Gasteiger partial charge in [-0.25, -0.2) is 13.8 Å². The third kappa shape index (κ3) is 3.16. The summed E-state index contributed by atoms with van der Waals surface area (Å²) < 4.78 is 30.0. The Kier molecular flexibility index (Phi) is 4.39. The molecule has 0 bridgehead atoms. The van der Waals surface area contributed by atoms with Crippen molar-refractivity contribution in [3.05, 3.63) is 112 Å². The quantitative estimate of drug-likeness (QED) is 0.437. The van der Waals surface area contributed by atoms with Gasteiger partial charge in [0, 0.05) is 11.9 Å². The van der Waals surface area contributed by atoms with Crippen molar-refractivity contribution >= 4 is 21.9 Å². The average molecular weight is 401 g/mol. The summed E-state index contributed by atoms with van der Waals surface area (Å²) in [4.78, 5) is 18.0. The summed E-state index contributed by atoms with van der Waals surface area (Å²) in [5.74, 6) is -0.622. The first-order chi connectivity index (χ1) is 14.6. The van der Waals surface area contributed by atoms with Gasteiger partial charge < -0.3 is 4.57 Å². The molecule has 0 amide bonds. The molecule has 4 nitrogen and oxygen atoms in total. The fourth-order valence-electron chi connectivity index (χ4n) is 3.78. The second kappa shape index (κ2) is 7.22. The molecular formula is C24H17F2N3O. The van der Waals surface area contributed by atoms with Gasteiger partial charge in [0.25, 0.3) is 5.56 Å². The molecular weight excluding hydrogens is 384 g/mol. The molecule has 0 saturated heterocycles. The van der Waals surface area contributed by atoms with Crippen LogP contribution in [0.5, 0.6) is 0 Å². The minimum atomic E-state index is -0.320. The van der Waals surface area contributed by atoms with E-state index in [1.54, 1.807) is 24.3 Å². The van der Waals surface area contributed by atoms with E-state index in [4.69, 9.17) is 0 Å². The van der Waals surface area contributed by atoms with Crippen LogP contribution >= 0.6 is 0 Å². The third-order valence-corrected chi connectivity index (χ3v) is 5.25. The molecule has 5 rings (SSSR count). The van der Waals surface area contributed by atoms with Gasteiger partial charge >= 0.3 is 0 Å². The maximum Gasteiger partial charge on any atom is 0.278 e. The van der Waals surface area contributed by atoms with Crippen molar-refractivity contribution < 1.29 is 8.78 Å². The molecule has 30 heavy (non-hydrogen) atoms. The van der Waals surface area contributed by atoms with Crippen molar-refractivity contribution in [1.82, 2.24) is 14.1 Å². The largest absolute Gasteiger partial charge is 0.330 e. The van der Waals surface area contributed by atoms with Gasteiger partial charge in [-0.3, -0.25) is 9.36 Å². The summed E-state index contributed by atoms with van der Waals surface area (Å²) >= 11 is 0. The van der Waals surface area contributed by atoms with Crippen LogP contribution in [-0.4, -0.2) is 14.1 Å². The van der Waals surface area contributed by atoms with Crippen molar-refractivity contribution in [2.24, 2.45) is 0 Å². The summed E-state index contributed by atoms with van der Waals surface area (Å²) in [5.41, 5.74) is 3.52. The summed E-state index contributed by atoms with van der Waals surface area (Å²) in [5, 5.41) is 0.889.